The zero-order chi connectivity index (χ0) is 14.8. The van der Waals surface area contributed by atoms with Crippen molar-refractivity contribution in [2.75, 3.05) is 18.2 Å². The highest BCUT2D eigenvalue weighted by Gasteiger charge is 2.09. The third-order valence-corrected chi connectivity index (χ3v) is 3.87. The molecule has 3 rings (SSSR count). The smallest absolute Gasteiger partial charge is 0.255 e. The minimum absolute atomic E-state index is 0.215. The molecule has 2 aromatic carbocycles. The summed E-state index contributed by atoms with van der Waals surface area (Å²) < 4.78 is 6.10. The molecule has 0 radical (unpaired) electrons. The molecule has 3 aromatic rings. The molecule has 1 heterocycles. The molecule has 0 atom stereocenters. The maximum absolute atomic E-state index is 12.2. The highest BCUT2D eigenvalue weighted by molar-refractivity contribution is 7.16. The first-order valence-electron chi connectivity index (χ1n) is 6.25. The maximum Gasteiger partial charge on any atom is 0.255 e. The summed E-state index contributed by atoms with van der Waals surface area (Å²) in [6.07, 6.45) is 0. The molecule has 0 saturated carbocycles. The number of nitrogens with one attached hydrogen (secondary N) is 1. The van der Waals surface area contributed by atoms with Crippen molar-refractivity contribution in [2.45, 2.75) is 0 Å². The van der Waals surface area contributed by atoms with E-state index in [0.717, 1.165) is 15.9 Å². The van der Waals surface area contributed by atoms with Crippen LogP contribution < -0.4 is 15.8 Å². The van der Waals surface area contributed by atoms with Crippen LogP contribution in [0.2, 0.25) is 0 Å². The number of benzene rings is 2. The van der Waals surface area contributed by atoms with Crippen LogP contribution in [0.1, 0.15) is 10.4 Å². The standard InChI is InChI=1S/C15H13N3O2S/c1-20-13-5-2-9(6-11(13)16)15(19)18-10-3-4-12-14(7-10)21-8-17-12/h2-8H,16H2,1H3,(H,18,19). The molecule has 0 spiro atoms. The van der Waals surface area contributed by atoms with E-state index >= 15 is 0 Å². The minimum Gasteiger partial charge on any atom is -0.495 e. The van der Waals surface area contributed by atoms with Crippen molar-refractivity contribution in [1.29, 1.82) is 0 Å². The zero-order valence-electron chi connectivity index (χ0n) is 11.3. The summed E-state index contributed by atoms with van der Waals surface area (Å²) in [4.78, 5) is 16.4. The number of anilines is 2. The summed E-state index contributed by atoms with van der Waals surface area (Å²) in [6, 6.07) is 10.6. The van der Waals surface area contributed by atoms with Crippen LogP contribution in [0.5, 0.6) is 5.75 Å². The van der Waals surface area contributed by atoms with Crippen LogP contribution in [-0.4, -0.2) is 18.0 Å². The number of nitrogens with two attached hydrogens (primary N) is 1. The number of carbonyl (C=O) groups excluding carboxylic acids is 1. The van der Waals surface area contributed by atoms with Crippen molar-refractivity contribution in [1.82, 2.24) is 4.98 Å². The van der Waals surface area contributed by atoms with Crippen molar-refractivity contribution < 1.29 is 9.53 Å². The van der Waals surface area contributed by atoms with E-state index < -0.39 is 0 Å². The highest BCUT2D eigenvalue weighted by atomic mass is 32.1. The molecule has 0 bridgehead atoms. The molecular weight excluding hydrogens is 286 g/mol. The summed E-state index contributed by atoms with van der Waals surface area (Å²) >= 11 is 1.53. The number of hydrogen-bond acceptors (Lipinski definition) is 5. The number of ether oxygens (including phenoxy) is 1. The lowest BCUT2D eigenvalue weighted by molar-refractivity contribution is 0.102. The highest BCUT2D eigenvalue weighted by Crippen LogP contribution is 2.24. The van der Waals surface area contributed by atoms with Gasteiger partial charge in [-0.15, -0.1) is 11.3 Å². The van der Waals surface area contributed by atoms with Crippen molar-refractivity contribution >= 4 is 38.8 Å². The molecule has 0 unspecified atom stereocenters. The number of thiazole rings is 1. The summed E-state index contributed by atoms with van der Waals surface area (Å²) in [7, 11) is 1.54. The Morgan fingerprint density at radius 3 is 2.90 bits per heavy atom. The topological polar surface area (TPSA) is 77.2 Å². The third-order valence-electron chi connectivity index (χ3n) is 3.08. The lowest BCUT2D eigenvalue weighted by Gasteiger charge is -2.08. The molecule has 5 nitrogen and oxygen atoms in total. The quantitative estimate of drug-likeness (QED) is 0.728. The number of fused-ring (bicyclic) bond motifs is 1. The van der Waals surface area contributed by atoms with E-state index in [1.54, 1.807) is 23.7 Å². The number of methoxy groups -OCH3 is 1. The first-order valence-corrected chi connectivity index (χ1v) is 7.13. The Bertz CT molecular complexity index is 814. The molecule has 3 N–H and O–H groups in total. The number of nitrogen functional groups attached to an aromatic ring is 1. The number of rotatable bonds is 3. The van der Waals surface area contributed by atoms with E-state index in [2.05, 4.69) is 10.3 Å². The van der Waals surface area contributed by atoms with Crippen molar-refractivity contribution in [3.05, 3.63) is 47.5 Å². The van der Waals surface area contributed by atoms with Gasteiger partial charge >= 0.3 is 0 Å². The molecule has 21 heavy (non-hydrogen) atoms. The van der Waals surface area contributed by atoms with E-state index in [-0.39, 0.29) is 5.91 Å². The van der Waals surface area contributed by atoms with Gasteiger partial charge in [0.1, 0.15) is 5.75 Å². The molecule has 1 aromatic heterocycles. The lowest BCUT2D eigenvalue weighted by Crippen LogP contribution is -2.12. The molecule has 106 valence electrons. The molecule has 0 aliphatic heterocycles. The van der Waals surface area contributed by atoms with E-state index in [0.29, 0.717) is 17.0 Å². The normalized spacial score (nSPS) is 10.5. The fourth-order valence-corrected chi connectivity index (χ4v) is 2.73. The Hall–Kier alpha value is -2.60. The Morgan fingerprint density at radius 1 is 1.29 bits per heavy atom. The monoisotopic (exact) mass is 299 g/mol. The molecule has 0 aliphatic rings. The predicted molar refractivity (Wildman–Crippen MR) is 85.0 cm³/mol. The zero-order valence-corrected chi connectivity index (χ0v) is 12.1. The molecule has 0 saturated heterocycles. The van der Waals surface area contributed by atoms with Crippen molar-refractivity contribution in [3.63, 3.8) is 0 Å². The predicted octanol–water partition coefficient (Wildman–Crippen LogP) is 3.14. The van der Waals surface area contributed by atoms with E-state index in [1.807, 2.05) is 18.2 Å². The summed E-state index contributed by atoms with van der Waals surface area (Å²) in [5.41, 5.74) is 10.2. The van der Waals surface area contributed by atoms with Gasteiger partial charge in [0.25, 0.3) is 5.91 Å². The summed E-state index contributed by atoms with van der Waals surface area (Å²) in [6.45, 7) is 0. The summed E-state index contributed by atoms with van der Waals surface area (Å²) in [5, 5.41) is 2.85. The number of amides is 1. The number of hydrogen-bond donors (Lipinski definition) is 2. The second-order valence-electron chi connectivity index (χ2n) is 4.45. The van der Waals surface area contributed by atoms with Crippen LogP contribution in [0.15, 0.2) is 41.9 Å². The van der Waals surface area contributed by atoms with Crippen LogP contribution >= 0.6 is 11.3 Å². The van der Waals surface area contributed by atoms with E-state index in [4.69, 9.17) is 10.5 Å². The van der Waals surface area contributed by atoms with Crippen molar-refractivity contribution in [3.8, 4) is 5.75 Å². The fourth-order valence-electron chi connectivity index (χ4n) is 2.01. The summed E-state index contributed by atoms with van der Waals surface area (Å²) in [5.74, 6) is 0.339. The van der Waals surface area contributed by atoms with Gasteiger partial charge in [-0.3, -0.25) is 4.79 Å². The van der Waals surface area contributed by atoms with Gasteiger partial charge in [-0.1, -0.05) is 0 Å². The van der Waals surface area contributed by atoms with Gasteiger partial charge < -0.3 is 15.8 Å². The third kappa shape index (κ3) is 2.66. The van der Waals surface area contributed by atoms with Gasteiger partial charge in [-0.25, -0.2) is 4.98 Å². The lowest BCUT2D eigenvalue weighted by atomic mass is 10.1. The SMILES string of the molecule is COc1ccc(C(=O)Nc2ccc3ncsc3c2)cc1N. The Morgan fingerprint density at radius 2 is 2.14 bits per heavy atom. The molecule has 6 heteroatoms. The van der Waals surface area contributed by atoms with Crippen LogP contribution in [0.3, 0.4) is 0 Å². The second kappa shape index (κ2) is 5.41. The first kappa shape index (κ1) is 13.4. The average Bonchev–Trinajstić information content (AvgIpc) is 2.94. The first-order chi connectivity index (χ1) is 10.2. The van der Waals surface area contributed by atoms with E-state index in [9.17, 15) is 4.79 Å². The van der Waals surface area contributed by atoms with Gasteiger partial charge in [-0.2, -0.15) is 0 Å². The van der Waals surface area contributed by atoms with Crippen LogP contribution in [-0.2, 0) is 0 Å². The Balaban J connectivity index is 1.83. The Labute approximate surface area is 125 Å². The molecular formula is C15H13N3O2S. The van der Waals surface area contributed by atoms with E-state index in [1.165, 1.54) is 18.4 Å². The van der Waals surface area contributed by atoms with Gasteiger partial charge in [0.2, 0.25) is 0 Å². The molecule has 0 aliphatic carbocycles. The van der Waals surface area contributed by atoms with Gasteiger partial charge in [0.05, 0.1) is 28.5 Å². The molecule has 1 amide bonds. The van der Waals surface area contributed by atoms with Crippen LogP contribution in [0.4, 0.5) is 11.4 Å². The Kier molecular flexibility index (Phi) is 3.45. The molecule has 0 fully saturated rings. The van der Waals surface area contributed by atoms with Gasteiger partial charge in [-0.05, 0) is 36.4 Å². The van der Waals surface area contributed by atoms with Gasteiger partial charge in [0, 0.05) is 11.3 Å². The average molecular weight is 299 g/mol. The fraction of sp³-hybridized carbons (Fsp3) is 0.0667. The van der Waals surface area contributed by atoms with Gasteiger partial charge in [0.15, 0.2) is 0 Å². The number of carbonyl (C=O) groups is 1. The van der Waals surface area contributed by atoms with Crippen LogP contribution in [0.25, 0.3) is 10.2 Å². The second-order valence-corrected chi connectivity index (χ2v) is 5.33. The maximum atomic E-state index is 12.2. The number of aromatic nitrogens is 1. The largest absolute Gasteiger partial charge is 0.495 e. The van der Waals surface area contributed by atoms with Crippen LogP contribution in [0, 0.1) is 0 Å². The van der Waals surface area contributed by atoms with Crippen molar-refractivity contribution in [2.24, 2.45) is 0 Å². The minimum atomic E-state index is -0.215. The number of nitrogens with zero attached hydrogens (tertiary/aromatic N) is 1.